The maximum atomic E-state index is 11.5. The Labute approximate surface area is 93.0 Å². The standard InChI is InChI=1S/C11H13N3O2/c12-6-10(15)14-4-3-7-1-2-8(11(13)16)5-9(7)14/h1-2,5H,3-4,6,12H2,(H2,13,16). The Morgan fingerprint density at radius 2 is 2.12 bits per heavy atom. The fraction of sp³-hybridized carbons (Fsp3) is 0.273. The van der Waals surface area contributed by atoms with E-state index in [-0.39, 0.29) is 12.5 Å². The van der Waals surface area contributed by atoms with E-state index in [4.69, 9.17) is 11.5 Å². The summed E-state index contributed by atoms with van der Waals surface area (Å²) in [5.41, 5.74) is 12.7. The molecule has 1 aliphatic heterocycles. The summed E-state index contributed by atoms with van der Waals surface area (Å²) in [5.74, 6) is -0.629. The summed E-state index contributed by atoms with van der Waals surface area (Å²) in [6.45, 7) is 0.591. The first-order valence-electron chi connectivity index (χ1n) is 5.06. The van der Waals surface area contributed by atoms with Crippen molar-refractivity contribution in [2.45, 2.75) is 6.42 Å². The molecule has 2 amide bonds. The third-order valence-corrected chi connectivity index (χ3v) is 2.74. The minimum atomic E-state index is -0.491. The average Bonchev–Trinajstić information content (AvgIpc) is 2.70. The van der Waals surface area contributed by atoms with Gasteiger partial charge in [0.25, 0.3) is 0 Å². The molecule has 0 radical (unpaired) electrons. The third kappa shape index (κ3) is 1.65. The Hall–Kier alpha value is -1.88. The molecular formula is C11H13N3O2. The van der Waals surface area contributed by atoms with E-state index >= 15 is 0 Å². The first-order chi connectivity index (χ1) is 7.63. The third-order valence-electron chi connectivity index (χ3n) is 2.74. The lowest BCUT2D eigenvalue weighted by molar-refractivity contribution is -0.117. The summed E-state index contributed by atoms with van der Waals surface area (Å²) in [7, 11) is 0. The van der Waals surface area contributed by atoms with E-state index in [0.717, 1.165) is 17.7 Å². The lowest BCUT2D eigenvalue weighted by Gasteiger charge is -2.16. The number of primary amides is 1. The first-order valence-corrected chi connectivity index (χ1v) is 5.06. The maximum absolute atomic E-state index is 11.5. The van der Waals surface area contributed by atoms with Gasteiger partial charge >= 0.3 is 0 Å². The van der Waals surface area contributed by atoms with E-state index in [1.807, 2.05) is 6.07 Å². The van der Waals surface area contributed by atoms with Crippen LogP contribution in [0.4, 0.5) is 5.69 Å². The van der Waals surface area contributed by atoms with Gasteiger partial charge in [-0.05, 0) is 24.1 Å². The number of benzene rings is 1. The molecule has 0 saturated heterocycles. The summed E-state index contributed by atoms with van der Waals surface area (Å²) in [4.78, 5) is 24.2. The monoisotopic (exact) mass is 219 g/mol. The molecule has 0 atom stereocenters. The summed E-state index contributed by atoms with van der Waals surface area (Å²) in [6, 6.07) is 5.16. The number of hydrogen-bond donors (Lipinski definition) is 2. The Kier molecular flexibility index (Phi) is 2.62. The molecule has 1 aromatic carbocycles. The molecule has 0 fully saturated rings. The Morgan fingerprint density at radius 3 is 2.75 bits per heavy atom. The lowest BCUT2D eigenvalue weighted by Crippen LogP contribution is -2.34. The van der Waals surface area contributed by atoms with Crippen LogP contribution in [-0.4, -0.2) is 24.9 Å². The van der Waals surface area contributed by atoms with Crippen LogP contribution < -0.4 is 16.4 Å². The predicted molar refractivity (Wildman–Crippen MR) is 60.1 cm³/mol. The van der Waals surface area contributed by atoms with Gasteiger partial charge in [0, 0.05) is 17.8 Å². The minimum absolute atomic E-state index is 0.0275. The fourth-order valence-corrected chi connectivity index (χ4v) is 1.90. The van der Waals surface area contributed by atoms with Gasteiger partial charge in [-0.15, -0.1) is 0 Å². The summed E-state index contributed by atoms with van der Waals surface area (Å²) in [6.07, 6.45) is 0.792. The van der Waals surface area contributed by atoms with Crippen LogP contribution in [0.25, 0.3) is 0 Å². The van der Waals surface area contributed by atoms with E-state index in [1.54, 1.807) is 17.0 Å². The number of hydrogen-bond acceptors (Lipinski definition) is 3. The van der Waals surface area contributed by atoms with Crippen molar-refractivity contribution in [2.24, 2.45) is 11.5 Å². The van der Waals surface area contributed by atoms with Gasteiger partial charge in [0.1, 0.15) is 0 Å². The van der Waals surface area contributed by atoms with Gasteiger partial charge in [-0.25, -0.2) is 0 Å². The number of nitrogens with two attached hydrogens (primary N) is 2. The average molecular weight is 219 g/mol. The van der Waals surface area contributed by atoms with E-state index < -0.39 is 5.91 Å². The lowest BCUT2D eigenvalue weighted by atomic mass is 10.1. The van der Waals surface area contributed by atoms with Crippen LogP contribution >= 0.6 is 0 Å². The Morgan fingerprint density at radius 1 is 1.38 bits per heavy atom. The van der Waals surface area contributed by atoms with Crippen molar-refractivity contribution < 1.29 is 9.59 Å². The smallest absolute Gasteiger partial charge is 0.248 e. The molecule has 0 bridgehead atoms. The number of amides is 2. The second kappa shape index (κ2) is 3.94. The van der Waals surface area contributed by atoms with Crippen LogP contribution in [0.1, 0.15) is 15.9 Å². The number of rotatable bonds is 2. The molecule has 84 valence electrons. The highest BCUT2D eigenvalue weighted by molar-refractivity contribution is 5.99. The molecule has 4 N–H and O–H groups in total. The van der Waals surface area contributed by atoms with Crippen molar-refractivity contribution in [3.8, 4) is 0 Å². The second-order valence-corrected chi connectivity index (χ2v) is 3.71. The predicted octanol–water partition coefficient (Wildman–Crippen LogP) is -0.367. The highest BCUT2D eigenvalue weighted by atomic mass is 16.2. The SMILES string of the molecule is NCC(=O)N1CCc2ccc(C(N)=O)cc21. The Bertz CT molecular complexity index is 457. The number of nitrogens with zero attached hydrogens (tertiary/aromatic N) is 1. The van der Waals surface area contributed by atoms with Crippen LogP contribution in [0.3, 0.4) is 0 Å². The molecule has 0 aliphatic carbocycles. The van der Waals surface area contributed by atoms with E-state index in [1.165, 1.54) is 0 Å². The van der Waals surface area contributed by atoms with Gasteiger partial charge < -0.3 is 16.4 Å². The van der Waals surface area contributed by atoms with E-state index in [9.17, 15) is 9.59 Å². The minimum Gasteiger partial charge on any atom is -0.366 e. The largest absolute Gasteiger partial charge is 0.366 e. The van der Waals surface area contributed by atoms with Crippen LogP contribution in [0.15, 0.2) is 18.2 Å². The molecule has 0 saturated carbocycles. The van der Waals surface area contributed by atoms with Gasteiger partial charge in [0.2, 0.25) is 11.8 Å². The summed E-state index contributed by atoms with van der Waals surface area (Å²) < 4.78 is 0. The molecule has 1 aliphatic rings. The molecule has 1 heterocycles. The van der Waals surface area contributed by atoms with Gasteiger partial charge in [-0.3, -0.25) is 9.59 Å². The molecule has 2 rings (SSSR count). The highest BCUT2D eigenvalue weighted by Gasteiger charge is 2.24. The van der Waals surface area contributed by atoms with Gasteiger partial charge in [-0.2, -0.15) is 0 Å². The molecule has 0 spiro atoms. The van der Waals surface area contributed by atoms with Crippen molar-refractivity contribution in [1.29, 1.82) is 0 Å². The molecular weight excluding hydrogens is 206 g/mol. The van der Waals surface area contributed by atoms with Crippen molar-refractivity contribution in [3.63, 3.8) is 0 Å². The van der Waals surface area contributed by atoms with Gasteiger partial charge in [-0.1, -0.05) is 6.07 Å². The normalized spacial score (nSPS) is 13.7. The maximum Gasteiger partial charge on any atom is 0.248 e. The van der Waals surface area contributed by atoms with Crippen LogP contribution in [0.2, 0.25) is 0 Å². The summed E-state index contributed by atoms with van der Waals surface area (Å²) in [5, 5.41) is 0. The zero-order chi connectivity index (χ0) is 11.7. The van der Waals surface area contributed by atoms with Crippen molar-refractivity contribution >= 4 is 17.5 Å². The highest BCUT2D eigenvalue weighted by Crippen LogP contribution is 2.28. The zero-order valence-corrected chi connectivity index (χ0v) is 8.77. The molecule has 5 nitrogen and oxygen atoms in total. The zero-order valence-electron chi connectivity index (χ0n) is 8.77. The number of carbonyl (C=O) groups is 2. The molecule has 0 unspecified atom stereocenters. The number of fused-ring (bicyclic) bond motifs is 1. The first kappa shape index (κ1) is 10.6. The quantitative estimate of drug-likeness (QED) is 0.711. The molecule has 5 heteroatoms. The fourth-order valence-electron chi connectivity index (χ4n) is 1.90. The number of anilines is 1. The second-order valence-electron chi connectivity index (χ2n) is 3.71. The van der Waals surface area contributed by atoms with Crippen LogP contribution in [-0.2, 0) is 11.2 Å². The molecule has 1 aromatic rings. The number of carbonyl (C=O) groups excluding carboxylic acids is 2. The van der Waals surface area contributed by atoms with Crippen molar-refractivity contribution in [1.82, 2.24) is 0 Å². The van der Waals surface area contributed by atoms with Crippen molar-refractivity contribution in [3.05, 3.63) is 29.3 Å². The van der Waals surface area contributed by atoms with Crippen molar-refractivity contribution in [2.75, 3.05) is 18.0 Å². The topological polar surface area (TPSA) is 89.4 Å². The molecule has 16 heavy (non-hydrogen) atoms. The molecule has 0 aromatic heterocycles. The van der Waals surface area contributed by atoms with E-state index in [2.05, 4.69) is 0 Å². The summed E-state index contributed by atoms with van der Waals surface area (Å²) >= 11 is 0. The van der Waals surface area contributed by atoms with Crippen LogP contribution in [0.5, 0.6) is 0 Å². The van der Waals surface area contributed by atoms with Crippen LogP contribution in [0, 0.1) is 0 Å². The van der Waals surface area contributed by atoms with Gasteiger partial charge in [0.15, 0.2) is 0 Å². The van der Waals surface area contributed by atoms with E-state index in [0.29, 0.717) is 12.1 Å². The Balaban J connectivity index is 2.40. The van der Waals surface area contributed by atoms with Gasteiger partial charge in [0.05, 0.1) is 6.54 Å².